The van der Waals surface area contributed by atoms with Gasteiger partial charge in [-0.25, -0.2) is 0 Å². The molecular weight excluding hydrogens is 398 g/mol. The normalized spacial score (nSPS) is 10.7. The van der Waals surface area contributed by atoms with Gasteiger partial charge in [-0.15, -0.1) is 5.10 Å². The lowest BCUT2D eigenvalue weighted by Gasteiger charge is -2.10. The first-order chi connectivity index (χ1) is 12.7. The molecule has 0 atom stereocenters. The largest absolute Gasteiger partial charge is 0.459 e. The molecule has 26 heavy (non-hydrogen) atoms. The summed E-state index contributed by atoms with van der Waals surface area (Å²) < 4.78 is 11.5. The molecule has 4 rings (SSSR count). The summed E-state index contributed by atoms with van der Waals surface area (Å²) in [6.07, 6.45) is 1.51. The van der Waals surface area contributed by atoms with Crippen molar-refractivity contribution in [2.24, 2.45) is 0 Å². The molecule has 2 aromatic carbocycles. The number of carbonyl (C=O) groups excluding carboxylic acids is 1. The Morgan fingerprint density at radius 2 is 1.69 bits per heavy atom. The van der Waals surface area contributed by atoms with Crippen LogP contribution >= 0.6 is 15.9 Å². The number of nitrogens with one attached hydrogen (secondary N) is 1. The molecule has 0 saturated carbocycles. The van der Waals surface area contributed by atoms with Gasteiger partial charge in [0.15, 0.2) is 5.76 Å². The van der Waals surface area contributed by atoms with E-state index in [9.17, 15) is 4.79 Å². The van der Waals surface area contributed by atoms with Gasteiger partial charge in [-0.2, -0.15) is 0 Å². The van der Waals surface area contributed by atoms with Gasteiger partial charge in [-0.05, 0) is 35.4 Å². The lowest BCUT2D eigenvalue weighted by molar-refractivity contribution is 0.102. The molecule has 0 saturated heterocycles. The van der Waals surface area contributed by atoms with E-state index in [1.54, 1.807) is 24.3 Å². The molecule has 0 unspecified atom stereocenters. The number of carbonyl (C=O) groups is 1. The van der Waals surface area contributed by atoms with Crippen LogP contribution in [0.25, 0.3) is 22.8 Å². The Morgan fingerprint density at radius 3 is 2.46 bits per heavy atom. The minimum atomic E-state index is -0.342. The Labute approximate surface area is 157 Å². The van der Waals surface area contributed by atoms with E-state index in [1.165, 1.54) is 6.26 Å². The number of hydrogen-bond donors (Lipinski definition) is 1. The number of halogens is 1. The smallest absolute Gasteiger partial charge is 0.322 e. The van der Waals surface area contributed by atoms with E-state index in [4.69, 9.17) is 8.83 Å². The molecule has 128 valence electrons. The third kappa shape index (κ3) is 3.16. The van der Waals surface area contributed by atoms with Gasteiger partial charge in [0.05, 0.1) is 6.26 Å². The van der Waals surface area contributed by atoms with E-state index in [0.717, 1.165) is 15.6 Å². The fourth-order valence-electron chi connectivity index (χ4n) is 2.53. The van der Waals surface area contributed by atoms with Crippen LogP contribution in [0.3, 0.4) is 0 Å². The van der Waals surface area contributed by atoms with Crippen LogP contribution in [-0.4, -0.2) is 16.1 Å². The van der Waals surface area contributed by atoms with Crippen LogP contribution in [0.15, 0.2) is 80.2 Å². The summed E-state index contributed by atoms with van der Waals surface area (Å²) in [5.74, 6) is 0.294. The zero-order valence-electron chi connectivity index (χ0n) is 13.3. The molecule has 1 N–H and O–H groups in total. The molecule has 0 aliphatic heterocycles. The van der Waals surface area contributed by atoms with Crippen LogP contribution in [0, 0.1) is 0 Å². The maximum absolute atomic E-state index is 12.7. The van der Waals surface area contributed by atoms with E-state index >= 15 is 0 Å². The Balaban J connectivity index is 1.63. The predicted molar refractivity (Wildman–Crippen MR) is 99.5 cm³/mol. The molecule has 1 amide bonds. The molecule has 6 nitrogen and oxygen atoms in total. The molecule has 0 bridgehead atoms. The van der Waals surface area contributed by atoms with Gasteiger partial charge < -0.3 is 8.83 Å². The molecule has 2 aromatic heterocycles. The lowest BCUT2D eigenvalue weighted by Crippen LogP contribution is -2.13. The second kappa shape index (κ2) is 6.97. The van der Waals surface area contributed by atoms with Crippen molar-refractivity contribution in [1.82, 2.24) is 10.2 Å². The van der Waals surface area contributed by atoms with Crippen LogP contribution in [0.5, 0.6) is 0 Å². The van der Waals surface area contributed by atoms with Crippen molar-refractivity contribution in [3.8, 4) is 22.8 Å². The molecule has 7 heteroatoms. The average molecular weight is 410 g/mol. The molecular formula is C19H12BrN3O3. The topological polar surface area (TPSA) is 81.2 Å². The summed E-state index contributed by atoms with van der Waals surface area (Å²) in [6.45, 7) is 0. The van der Waals surface area contributed by atoms with Crippen molar-refractivity contribution in [2.75, 3.05) is 5.32 Å². The number of nitrogens with zero attached hydrogens (tertiary/aromatic N) is 2. The van der Waals surface area contributed by atoms with E-state index in [1.807, 2.05) is 36.4 Å². The quantitative estimate of drug-likeness (QED) is 0.512. The molecule has 0 radical (unpaired) electrons. The van der Waals surface area contributed by atoms with E-state index < -0.39 is 0 Å². The molecule has 0 aliphatic rings. The molecule has 4 aromatic rings. The van der Waals surface area contributed by atoms with Crippen LogP contribution in [0.4, 0.5) is 6.01 Å². The number of aromatic nitrogens is 2. The zero-order valence-corrected chi connectivity index (χ0v) is 14.9. The van der Waals surface area contributed by atoms with Crippen molar-refractivity contribution in [3.63, 3.8) is 0 Å². The van der Waals surface area contributed by atoms with Crippen molar-refractivity contribution in [2.45, 2.75) is 0 Å². The average Bonchev–Trinajstić information content (AvgIpc) is 3.34. The summed E-state index contributed by atoms with van der Waals surface area (Å²) in [5, 5.41) is 10.3. The summed E-state index contributed by atoms with van der Waals surface area (Å²) in [5.41, 5.74) is 2.21. The Bertz CT molecular complexity index is 1060. The first-order valence-electron chi connectivity index (χ1n) is 7.75. The molecule has 0 fully saturated rings. The first kappa shape index (κ1) is 16.3. The van der Waals surface area contributed by atoms with Gasteiger partial charge in [-0.3, -0.25) is 10.1 Å². The number of amides is 1. The highest BCUT2D eigenvalue weighted by Crippen LogP contribution is 2.31. The maximum Gasteiger partial charge on any atom is 0.322 e. The van der Waals surface area contributed by atoms with Gasteiger partial charge in [-0.1, -0.05) is 57.4 Å². The van der Waals surface area contributed by atoms with Crippen molar-refractivity contribution >= 4 is 27.9 Å². The second-order valence-electron chi connectivity index (χ2n) is 5.37. The van der Waals surface area contributed by atoms with Gasteiger partial charge >= 0.3 is 6.01 Å². The Kier molecular flexibility index (Phi) is 4.37. The first-order valence-corrected chi connectivity index (χ1v) is 8.54. The van der Waals surface area contributed by atoms with Gasteiger partial charge in [0.25, 0.3) is 11.8 Å². The highest BCUT2D eigenvalue weighted by atomic mass is 79.9. The summed E-state index contributed by atoms with van der Waals surface area (Å²) in [6, 6.07) is 18.4. The third-order valence-electron chi connectivity index (χ3n) is 3.71. The highest BCUT2D eigenvalue weighted by molar-refractivity contribution is 9.10. The van der Waals surface area contributed by atoms with Gasteiger partial charge in [0.1, 0.15) is 0 Å². The maximum atomic E-state index is 12.7. The standard InChI is InChI=1S/C19H12BrN3O3/c20-15-9-4-3-7-13(15)12-6-1-2-8-14(12)17(24)21-19-23-22-18(26-19)16-10-5-11-25-16/h1-11H,(H,21,23,24). The second-order valence-corrected chi connectivity index (χ2v) is 6.22. The summed E-state index contributed by atoms with van der Waals surface area (Å²) >= 11 is 3.53. The number of anilines is 1. The van der Waals surface area contributed by atoms with Crippen LogP contribution < -0.4 is 5.32 Å². The third-order valence-corrected chi connectivity index (χ3v) is 4.40. The number of hydrogen-bond acceptors (Lipinski definition) is 5. The van der Waals surface area contributed by atoms with E-state index in [2.05, 4.69) is 31.4 Å². The Morgan fingerprint density at radius 1 is 0.923 bits per heavy atom. The molecule has 2 heterocycles. The monoisotopic (exact) mass is 409 g/mol. The van der Waals surface area contributed by atoms with Crippen LogP contribution in [-0.2, 0) is 0 Å². The summed E-state index contributed by atoms with van der Waals surface area (Å²) in [4.78, 5) is 12.7. The van der Waals surface area contributed by atoms with Crippen LogP contribution in [0.1, 0.15) is 10.4 Å². The lowest BCUT2D eigenvalue weighted by atomic mass is 9.99. The van der Waals surface area contributed by atoms with Crippen molar-refractivity contribution < 1.29 is 13.6 Å². The SMILES string of the molecule is O=C(Nc1nnc(-c2ccco2)o1)c1ccccc1-c1ccccc1Br. The fraction of sp³-hybridized carbons (Fsp3) is 0. The summed E-state index contributed by atoms with van der Waals surface area (Å²) in [7, 11) is 0. The van der Waals surface area contributed by atoms with E-state index in [-0.39, 0.29) is 17.8 Å². The van der Waals surface area contributed by atoms with Gasteiger partial charge in [0.2, 0.25) is 0 Å². The molecule has 0 aliphatic carbocycles. The minimum absolute atomic E-state index is 0.00308. The number of rotatable bonds is 4. The Hall–Kier alpha value is -3.19. The predicted octanol–water partition coefficient (Wildman–Crippen LogP) is 5.01. The van der Waals surface area contributed by atoms with E-state index in [0.29, 0.717) is 11.3 Å². The van der Waals surface area contributed by atoms with Crippen LogP contribution in [0.2, 0.25) is 0 Å². The van der Waals surface area contributed by atoms with Gasteiger partial charge in [0, 0.05) is 10.0 Å². The number of benzene rings is 2. The molecule has 0 spiro atoms. The zero-order chi connectivity index (χ0) is 17.9. The minimum Gasteiger partial charge on any atom is -0.459 e. The van der Waals surface area contributed by atoms with Crippen molar-refractivity contribution in [3.05, 3.63) is 77.0 Å². The highest BCUT2D eigenvalue weighted by Gasteiger charge is 2.17. The fourth-order valence-corrected chi connectivity index (χ4v) is 3.03. The number of furan rings is 1. The van der Waals surface area contributed by atoms with Crippen molar-refractivity contribution in [1.29, 1.82) is 0 Å².